The molecule has 12 heavy (non-hydrogen) atoms. The van der Waals surface area contributed by atoms with E-state index in [1.807, 2.05) is 12.1 Å². The molecular formula is C9H20N2O. The van der Waals surface area contributed by atoms with Gasteiger partial charge in [-0.1, -0.05) is 6.92 Å². The van der Waals surface area contributed by atoms with Crippen LogP contribution in [0.2, 0.25) is 0 Å². The van der Waals surface area contributed by atoms with Crippen molar-refractivity contribution >= 4 is 0 Å². The lowest BCUT2D eigenvalue weighted by molar-refractivity contribution is -0.130. The molecule has 0 aromatic heterocycles. The highest BCUT2D eigenvalue weighted by molar-refractivity contribution is 4.87. The van der Waals surface area contributed by atoms with Gasteiger partial charge in [0.15, 0.2) is 0 Å². The third kappa shape index (κ3) is 2.19. The summed E-state index contributed by atoms with van der Waals surface area (Å²) in [6.07, 6.45) is 2.50. The van der Waals surface area contributed by atoms with Gasteiger partial charge in [-0.3, -0.25) is 0 Å². The molecule has 1 aliphatic heterocycles. The Kier molecular flexibility index (Phi) is 3.50. The molecule has 72 valence electrons. The van der Waals surface area contributed by atoms with Gasteiger partial charge in [0.1, 0.15) is 0 Å². The average molecular weight is 172 g/mol. The first kappa shape index (κ1) is 9.96. The molecule has 0 aliphatic carbocycles. The third-order valence-electron chi connectivity index (χ3n) is 2.95. The van der Waals surface area contributed by atoms with Crippen molar-refractivity contribution in [3.63, 3.8) is 0 Å². The normalized spacial score (nSPS) is 30.0. The van der Waals surface area contributed by atoms with Gasteiger partial charge in [0, 0.05) is 20.1 Å². The van der Waals surface area contributed by atoms with Gasteiger partial charge in [0.25, 0.3) is 0 Å². The van der Waals surface area contributed by atoms with Crippen LogP contribution in [0.3, 0.4) is 0 Å². The van der Waals surface area contributed by atoms with E-state index < -0.39 is 0 Å². The summed E-state index contributed by atoms with van der Waals surface area (Å²) in [5.74, 6) is 0. The number of hydrogen-bond donors (Lipinski definition) is 1. The molecule has 3 nitrogen and oxygen atoms in total. The molecule has 1 atom stereocenters. The Morgan fingerprint density at radius 1 is 1.58 bits per heavy atom. The van der Waals surface area contributed by atoms with Crippen LogP contribution in [0.4, 0.5) is 0 Å². The quantitative estimate of drug-likeness (QED) is 0.637. The Hall–Kier alpha value is -0.120. The van der Waals surface area contributed by atoms with Crippen LogP contribution in [0.1, 0.15) is 19.8 Å². The van der Waals surface area contributed by atoms with Gasteiger partial charge in [-0.2, -0.15) is 5.06 Å². The van der Waals surface area contributed by atoms with Crippen molar-refractivity contribution in [1.82, 2.24) is 10.4 Å². The maximum Gasteiger partial charge on any atom is 0.0575 e. The van der Waals surface area contributed by atoms with Crippen LogP contribution >= 0.6 is 0 Å². The minimum absolute atomic E-state index is 0.449. The van der Waals surface area contributed by atoms with E-state index in [2.05, 4.69) is 12.2 Å². The number of hydrogen-bond acceptors (Lipinski definition) is 3. The number of hydroxylamine groups is 2. The molecule has 0 amide bonds. The predicted octanol–water partition coefficient (Wildman–Crippen LogP) is 0.869. The SMILES string of the molecule is CCC1(CN(C)OC)CCNC1. The summed E-state index contributed by atoms with van der Waals surface area (Å²) in [4.78, 5) is 5.14. The molecule has 0 radical (unpaired) electrons. The van der Waals surface area contributed by atoms with Crippen molar-refractivity contribution in [3.05, 3.63) is 0 Å². The predicted molar refractivity (Wildman–Crippen MR) is 49.8 cm³/mol. The number of nitrogens with one attached hydrogen (secondary N) is 1. The van der Waals surface area contributed by atoms with Crippen molar-refractivity contribution in [2.45, 2.75) is 19.8 Å². The fourth-order valence-electron chi connectivity index (χ4n) is 1.88. The summed E-state index contributed by atoms with van der Waals surface area (Å²) < 4.78 is 0. The first-order chi connectivity index (χ1) is 5.72. The second-order valence-electron chi connectivity index (χ2n) is 3.75. The zero-order valence-electron chi connectivity index (χ0n) is 8.39. The summed E-state index contributed by atoms with van der Waals surface area (Å²) in [5.41, 5.74) is 0.449. The van der Waals surface area contributed by atoms with Crippen molar-refractivity contribution in [3.8, 4) is 0 Å². The summed E-state index contributed by atoms with van der Waals surface area (Å²) in [5, 5.41) is 5.34. The van der Waals surface area contributed by atoms with Crippen LogP contribution in [0, 0.1) is 5.41 Å². The van der Waals surface area contributed by atoms with Gasteiger partial charge in [-0.15, -0.1) is 0 Å². The minimum atomic E-state index is 0.449. The van der Waals surface area contributed by atoms with E-state index >= 15 is 0 Å². The van der Waals surface area contributed by atoms with Crippen molar-refractivity contribution in [1.29, 1.82) is 0 Å². The molecule has 0 saturated carbocycles. The molecule has 0 spiro atoms. The second kappa shape index (κ2) is 4.21. The van der Waals surface area contributed by atoms with E-state index in [1.165, 1.54) is 12.8 Å². The van der Waals surface area contributed by atoms with E-state index in [0.29, 0.717) is 5.41 Å². The molecule has 1 N–H and O–H groups in total. The molecule has 3 heteroatoms. The monoisotopic (exact) mass is 172 g/mol. The molecular weight excluding hydrogens is 152 g/mol. The fraction of sp³-hybridized carbons (Fsp3) is 1.00. The summed E-state index contributed by atoms with van der Waals surface area (Å²) in [6.45, 7) is 5.59. The van der Waals surface area contributed by atoms with E-state index in [-0.39, 0.29) is 0 Å². The smallest absolute Gasteiger partial charge is 0.0575 e. The molecule has 1 saturated heterocycles. The highest BCUT2D eigenvalue weighted by atomic mass is 16.7. The van der Waals surface area contributed by atoms with Crippen LogP contribution in [-0.4, -0.2) is 38.9 Å². The van der Waals surface area contributed by atoms with Crippen molar-refractivity contribution in [2.75, 3.05) is 33.8 Å². The zero-order chi connectivity index (χ0) is 9.03. The molecule has 0 bridgehead atoms. The van der Waals surface area contributed by atoms with E-state index in [1.54, 1.807) is 7.11 Å². The highest BCUT2D eigenvalue weighted by Crippen LogP contribution is 2.29. The van der Waals surface area contributed by atoms with Gasteiger partial charge in [0.2, 0.25) is 0 Å². The zero-order valence-corrected chi connectivity index (χ0v) is 8.39. The Balaban J connectivity index is 2.43. The summed E-state index contributed by atoms with van der Waals surface area (Å²) in [7, 11) is 3.72. The number of rotatable bonds is 4. The molecule has 1 unspecified atom stereocenters. The van der Waals surface area contributed by atoms with E-state index in [0.717, 1.165) is 19.6 Å². The molecule has 1 fully saturated rings. The molecule has 1 heterocycles. The second-order valence-corrected chi connectivity index (χ2v) is 3.75. The Labute approximate surface area is 75.0 Å². The van der Waals surface area contributed by atoms with Crippen LogP contribution in [-0.2, 0) is 4.84 Å². The van der Waals surface area contributed by atoms with Gasteiger partial charge >= 0.3 is 0 Å². The van der Waals surface area contributed by atoms with Gasteiger partial charge in [-0.05, 0) is 24.8 Å². The average Bonchev–Trinajstić information content (AvgIpc) is 2.54. The molecule has 0 aromatic rings. The third-order valence-corrected chi connectivity index (χ3v) is 2.95. The largest absolute Gasteiger partial charge is 0.316 e. The van der Waals surface area contributed by atoms with E-state index in [4.69, 9.17) is 4.84 Å². The van der Waals surface area contributed by atoms with Gasteiger partial charge < -0.3 is 10.2 Å². The topological polar surface area (TPSA) is 24.5 Å². The lowest BCUT2D eigenvalue weighted by Gasteiger charge is -2.30. The van der Waals surface area contributed by atoms with Gasteiger partial charge in [0.05, 0.1) is 7.11 Å². The Morgan fingerprint density at radius 2 is 2.33 bits per heavy atom. The number of nitrogens with zero attached hydrogens (tertiary/aromatic N) is 1. The van der Waals surface area contributed by atoms with Crippen LogP contribution in [0.5, 0.6) is 0 Å². The maximum absolute atomic E-state index is 5.14. The van der Waals surface area contributed by atoms with Crippen molar-refractivity contribution < 1.29 is 4.84 Å². The lowest BCUT2D eigenvalue weighted by Crippen LogP contribution is -2.36. The van der Waals surface area contributed by atoms with Crippen LogP contribution in [0.15, 0.2) is 0 Å². The first-order valence-electron chi connectivity index (χ1n) is 4.68. The highest BCUT2D eigenvalue weighted by Gasteiger charge is 2.32. The van der Waals surface area contributed by atoms with E-state index in [9.17, 15) is 0 Å². The molecule has 0 aromatic carbocycles. The van der Waals surface area contributed by atoms with Gasteiger partial charge in [-0.25, -0.2) is 0 Å². The standard InChI is InChI=1S/C9H20N2O/c1-4-9(5-6-10-7-9)8-11(2)12-3/h10H,4-8H2,1-3H3. The Morgan fingerprint density at radius 3 is 2.75 bits per heavy atom. The van der Waals surface area contributed by atoms with Crippen LogP contribution in [0.25, 0.3) is 0 Å². The molecule has 1 rings (SSSR count). The first-order valence-corrected chi connectivity index (χ1v) is 4.68. The molecule has 1 aliphatic rings. The fourth-order valence-corrected chi connectivity index (χ4v) is 1.88. The lowest BCUT2D eigenvalue weighted by atomic mass is 9.84. The summed E-state index contributed by atoms with van der Waals surface area (Å²) in [6, 6.07) is 0. The van der Waals surface area contributed by atoms with Crippen LogP contribution < -0.4 is 5.32 Å². The summed E-state index contributed by atoms with van der Waals surface area (Å²) >= 11 is 0. The maximum atomic E-state index is 5.14. The van der Waals surface area contributed by atoms with Crippen molar-refractivity contribution in [2.24, 2.45) is 5.41 Å². The minimum Gasteiger partial charge on any atom is -0.316 e. The Bertz CT molecular complexity index is 132.